The maximum absolute atomic E-state index is 12.9. The average Bonchev–Trinajstić information content (AvgIpc) is 3.20. The second-order valence-corrected chi connectivity index (χ2v) is 7.53. The molecule has 0 fully saturated rings. The first-order chi connectivity index (χ1) is 14.4. The van der Waals surface area contributed by atoms with Gasteiger partial charge in [0, 0.05) is 12.7 Å². The number of benzene rings is 1. The number of aromatic nitrogens is 5. The molecule has 0 aliphatic rings. The smallest absolute Gasteiger partial charge is 0.420 e. The molecule has 4 aromatic rings. The number of pyridine rings is 1. The molecule has 1 N–H and O–H groups in total. The van der Waals surface area contributed by atoms with Crippen molar-refractivity contribution in [3.8, 4) is 6.07 Å². The minimum atomic E-state index is -1.36. The van der Waals surface area contributed by atoms with Gasteiger partial charge < -0.3 is 9.67 Å². The van der Waals surface area contributed by atoms with Crippen molar-refractivity contribution in [2.75, 3.05) is 0 Å². The van der Waals surface area contributed by atoms with Crippen LogP contribution >= 0.6 is 0 Å². The van der Waals surface area contributed by atoms with E-state index in [-0.39, 0.29) is 12.1 Å². The molecule has 3 aromatic heterocycles. The molecule has 0 aliphatic carbocycles. The summed E-state index contributed by atoms with van der Waals surface area (Å²) in [6.07, 6.45) is 2.44. The summed E-state index contributed by atoms with van der Waals surface area (Å²) < 4.78 is 4.12. The lowest BCUT2D eigenvalue weighted by molar-refractivity contribution is 0.196. The number of carbonyl (C=O) groups is 1. The maximum Gasteiger partial charge on any atom is 0.420 e. The van der Waals surface area contributed by atoms with Crippen molar-refractivity contribution in [1.29, 1.82) is 5.26 Å². The van der Waals surface area contributed by atoms with E-state index in [2.05, 4.69) is 29.9 Å². The van der Waals surface area contributed by atoms with Gasteiger partial charge in [-0.25, -0.2) is 14.6 Å². The maximum atomic E-state index is 12.9. The van der Waals surface area contributed by atoms with Crippen molar-refractivity contribution < 1.29 is 9.90 Å². The van der Waals surface area contributed by atoms with Gasteiger partial charge in [0.1, 0.15) is 5.82 Å². The highest BCUT2D eigenvalue weighted by Gasteiger charge is 2.20. The summed E-state index contributed by atoms with van der Waals surface area (Å²) in [5.74, 6) is 1.10. The summed E-state index contributed by atoms with van der Waals surface area (Å²) in [7, 11) is 0. The average molecular weight is 404 g/mol. The van der Waals surface area contributed by atoms with Gasteiger partial charge in [0.05, 0.1) is 46.4 Å². The number of hydrogen-bond donors (Lipinski definition) is 1. The molecule has 0 atom stereocenters. The fourth-order valence-electron chi connectivity index (χ4n) is 3.59. The Balaban J connectivity index is 1.89. The van der Waals surface area contributed by atoms with Gasteiger partial charge in [-0.1, -0.05) is 13.8 Å². The van der Waals surface area contributed by atoms with E-state index in [0.717, 1.165) is 11.9 Å². The molecule has 9 nitrogen and oxygen atoms in total. The molecule has 0 saturated heterocycles. The third-order valence-corrected chi connectivity index (χ3v) is 5.11. The second kappa shape index (κ2) is 7.48. The number of nitrogens with zero attached hydrogens (tertiary/aromatic N) is 6. The zero-order valence-electron chi connectivity index (χ0n) is 16.6. The Morgan fingerprint density at radius 3 is 2.70 bits per heavy atom. The predicted octanol–water partition coefficient (Wildman–Crippen LogP) is 3.04. The lowest BCUT2D eigenvalue weighted by atomic mass is 10.1. The normalized spacial score (nSPS) is 11.4. The Hall–Kier alpha value is -3.93. The van der Waals surface area contributed by atoms with Crippen LogP contribution in [0, 0.1) is 17.2 Å². The molecule has 0 aliphatic heterocycles. The van der Waals surface area contributed by atoms with Crippen LogP contribution in [0.4, 0.5) is 4.79 Å². The van der Waals surface area contributed by atoms with Gasteiger partial charge in [-0.15, -0.1) is 0 Å². The van der Waals surface area contributed by atoms with E-state index in [4.69, 9.17) is 0 Å². The van der Waals surface area contributed by atoms with Crippen LogP contribution in [0.5, 0.6) is 0 Å². The number of nitriles is 1. The quantitative estimate of drug-likeness (QED) is 0.546. The van der Waals surface area contributed by atoms with Crippen molar-refractivity contribution >= 4 is 28.2 Å². The highest BCUT2D eigenvalue weighted by atomic mass is 16.4. The lowest BCUT2D eigenvalue weighted by Gasteiger charge is -2.11. The molecule has 0 unspecified atom stereocenters. The Kier molecular flexibility index (Phi) is 4.83. The van der Waals surface area contributed by atoms with Crippen molar-refractivity contribution in [1.82, 2.24) is 23.7 Å². The van der Waals surface area contributed by atoms with Crippen molar-refractivity contribution in [2.24, 2.45) is 5.92 Å². The molecule has 0 amide bonds. The van der Waals surface area contributed by atoms with Crippen LogP contribution in [0.2, 0.25) is 0 Å². The molecular formula is C21H20N6O3. The minimum absolute atomic E-state index is 0.105. The number of carboxylic acid groups (broad SMARTS) is 1. The minimum Gasteiger partial charge on any atom is -0.464 e. The largest absolute Gasteiger partial charge is 0.464 e. The zero-order valence-corrected chi connectivity index (χ0v) is 16.6. The third-order valence-electron chi connectivity index (χ3n) is 5.11. The van der Waals surface area contributed by atoms with Gasteiger partial charge in [-0.3, -0.25) is 9.55 Å². The summed E-state index contributed by atoms with van der Waals surface area (Å²) in [6.45, 7) is 5.06. The first kappa shape index (κ1) is 19.4. The predicted molar refractivity (Wildman–Crippen MR) is 110 cm³/mol. The van der Waals surface area contributed by atoms with Crippen LogP contribution < -0.4 is 5.69 Å². The van der Waals surface area contributed by atoms with E-state index < -0.39 is 11.8 Å². The van der Waals surface area contributed by atoms with Crippen LogP contribution in [0.15, 0.2) is 41.5 Å². The van der Waals surface area contributed by atoms with Crippen LogP contribution in [-0.4, -0.2) is 34.9 Å². The molecule has 3 heterocycles. The van der Waals surface area contributed by atoms with Gasteiger partial charge in [-0.2, -0.15) is 9.83 Å². The standard InChI is InChI=1S/C21H20N6O3/c1-13(2)6-8-25-16-4-3-14(10-22)9-15(16)24-19(25)12-26-17-5-7-23-11-18(17)27(20(26)28)21(29)30/h3-5,7,9,11,13H,6,8,12H2,1-2H3,(H,29,30). The molecule has 1 aromatic carbocycles. The summed E-state index contributed by atoms with van der Waals surface area (Å²) in [5.41, 5.74) is 2.09. The van der Waals surface area contributed by atoms with Crippen LogP contribution in [0.25, 0.3) is 22.1 Å². The Morgan fingerprint density at radius 2 is 2.00 bits per heavy atom. The number of imidazole rings is 2. The van der Waals surface area contributed by atoms with Crippen LogP contribution in [0.3, 0.4) is 0 Å². The van der Waals surface area contributed by atoms with E-state index in [1.165, 1.54) is 17.0 Å². The fraction of sp³-hybridized carbons (Fsp3) is 0.286. The molecule has 0 spiro atoms. The monoisotopic (exact) mass is 404 g/mol. The van der Waals surface area contributed by atoms with E-state index in [0.29, 0.717) is 39.5 Å². The number of fused-ring (bicyclic) bond motifs is 2. The van der Waals surface area contributed by atoms with E-state index in [1.54, 1.807) is 18.2 Å². The summed E-state index contributed by atoms with van der Waals surface area (Å²) >= 11 is 0. The zero-order chi connectivity index (χ0) is 21.4. The van der Waals surface area contributed by atoms with Crippen LogP contribution in [0.1, 0.15) is 31.7 Å². The number of aryl methyl sites for hydroxylation is 1. The highest BCUT2D eigenvalue weighted by Crippen LogP contribution is 2.21. The van der Waals surface area contributed by atoms with Gasteiger partial charge in [0.2, 0.25) is 0 Å². The molecule has 9 heteroatoms. The summed E-state index contributed by atoms with van der Waals surface area (Å²) in [5, 5.41) is 18.7. The number of hydrogen-bond acceptors (Lipinski definition) is 5. The third kappa shape index (κ3) is 3.22. The molecule has 0 bridgehead atoms. The van der Waals surface area contributed by atoms with E-state index in [1.807, 2.05) is 10.6 Å². The highest BCUT2D eigenvalue weighted by molar-refractivity contribution is 5.85. The van der Waals surface area contributed by atoms with Crippen molar-refractivity contribution in [3.05, 3.63) is 58.5 Å². The van der Waals surface area contributed by atoms with Crippen molar-refractivity contribution in [3.63, 3.8) is 0 Å². The SMILES string of the molecule is CC(C)CCn1c(Cn2c(=O)n(C(=O)O)c3cnccc32)nc2cc(C#N)ccc21. The van der Waals surface area contributed by atoms with Gasteiger partial charge in [0.15, 0.2) is 0 Å². The molecular weight excluding hydrogens is 384 g/mol. The number of rotatable bonds is 5. The van der Waals surface area contributed by atoms with Gasteiger partial charge in [-0.05, 0) is 36.6 Å². The second-order valence-electron chi connectivity index (χ2n) is 7.53. The Bertz CT molecular complexity index is 1370. The summed E-state index contributed by atoms with van der Waals surface area (Å²) in [4.78, 5) is 33.1. The molecule has 4 rings (SSSR count). The van der Waals surface area contributed by atoms with Gasteiger partial charge >= 0.3 is 11.8 Å². The molecule has 30 heavy (non-hydrogen) atoms. The lowest BCUT2D eigenvalue weighted by Crippen LogP contribution is -2.29. The Morgan fingerprint density at radius 1 is 1.20 bits per heavy atom. The molecule has 0 radical (unpaired) electrons. The Labute approximate surface area is 171 Å². The molecule has 152 valence electrons. The van der Waals surface area contributed by atoms with Crippen molar-refractivity contribution in [2.45, 2.75) is 33.4 Å². The first-order valence-corrected chi connectivity index (χ1v) is 9.58. The fourth-order valence-corrected chi connectivity index (χ4v) is 3.59. The molecule has 0 saturated carbocycles. The summed E-state index contributed by atoms with van der Waals surface area (Å²) in [6, 6.07) is 9.06. The van der Waals surface area contributed by atoms with Crippen LogP contribution in [-0.2, 0) is 13.1 Å². The topological polar surface area (TPSA) is 119 Å². The van der Waals surface area contributed by atoms with E-state index >= 15 is 0 Å². The first-order valence-electron chi connectivity index (χ1n) is 9.58. The van der Waals surface area contributed by atoms with Gasteiger partial charge in [0.25, 0.3) is 0 Å². The van der Waals surface area contributed by atoms with E-state index in [9.17, 15) is 20.0 Å².